The van der Waals surface area contributed by atoms with Gasteiger partial charge in [-0.2, -0.15) is 39.5 Å². The van der Waals surface area contributed by atoms with E-state index in [-0.39, 0.29) is 0 Å². The lowest BCUT2D eigenvalue weighted by molar-refractivity contribution is -0.397. The Labute approximate surface area is 145 Å². The average Bonchev–Trinajstić information content (AvgIpc) is 2.48. The van der Waals surface area contributed by atoms with Crippen molar-refractivity contribution < 1.29 is 49.0 Å². The molecular formula is C15H21F9O2. The smallest absolute Gasteiger partial charge is 0.460 e. The number of carbonyl (C=O) groups is 1. The highest BCUT2D eigenvalue weighted by atomic mass is 19.4. The lowest BCUT2D eigenvalue weighted by Gasteiger charge is -2.35. The fraction of sp³-hybridized carbons (Fsp3) is 0.933. The first kappa shape index (κ1) is 24.8. The minimum absolute atomic E-state index is 0.427. The van der Waals surface area contributed by atoms with Gasteiger partial charge in [-0.05, 0) is 18.3 Å². The molecule has 0 aliphatic heterocycles. The molecule has 0 saturated heterocycles. The zero-order valence-electron chi connectivity index (χ0n) is 14.6. The predicted molar refractivity (Wildman–Crippen MR) is 74.3 cm³/mol. The SMILES string of the molecule is CCC(C)C(=O)OCC(C)(C)CCC(F)(F)C(F)(F)C(F)(F)C(F)(F)F. The summed E-state index contributed by atoms with van der Waals surface area (Å²) in [6.07, 6.45) is -9.23. The van der Waals surface area contributed by atoms with Gasteiger partial charge in [0.15, 0.2) is 0 Å². The van der Waals surface area contributed by atoms with E-state index in [1.807, 2.05) is 0 Å². The molecule has 0 bridgehead atoms. The first-order chi connectivity index (χ1) is 11.3. The Balaban J connectivity index is 5.07. The molecule has 26 heavy (non-hydrogen) atoms. The molecule has 11 heteroatoms. The van der Waals surface area contributed by atoms with E-state index in [0.29, 0.717) is 6.42 Å². The van der Waals surface area contributed by atoms with Gasteiger partial charge in [0, 0.05) is 6.42 Å². The lowest BCUT2D eigenvalue weighted by Crippen LogP contribution is -2.60. The van der Waals surface area contributed by atoms with Crippen LogP contribution in [0.2, 0.25) is 0 Å². The standard InChI is InChI=1S/C15H21F9O2/c1-5-9(2)10(25)26-8-11(3,4)6-7-12(16,17)13(18,19)14(20,21)15(22,23)24/h9H,5-8H2,1-4H3. The van der Waals surface area contributed by atoms with E-state index in [1.165, 1.54) is 20.8 Å². The van der Waals surface area contributed by atoms with E-state index >= 15 is 0 Å². The highest BCUT2D eigenvalue weighted by Crippen LogP contribution is 2.54. The molecule has 0 saturated carbocycles. The fourth-order valence-electron chi connectivity index (χ4n) is 1.71. The van der Waals surface area contributed by atoms with Crippen molar-refractivity contribution in [1.82, 2.24) is 0 Å². The monoisotopic (exact) mass is 404 g/mol. The molecule has 0 amide bonds. The van der Waals surface area contributed by atoms with Crippen molar-refractivity contribution in [2.75, 3.05) is 6.61 Å². The van der Waals surface area contributed by atoms with Crippen LogP contribution >= 0.6 is 0 Å². The van der Waals surface area contributed by atoms with Gasteiger partial charge in [-0.25, -0.2) is 0 Å². The van der Waals surface area contributed by atoms with Crippen molar-refractivity contribution in [2.24, 2.45) is 11.3 Å². The molecule has 156 valence electrons. The predicted octanol–water partition coefficient (Wildman–Crippen LogP) is 5.85. The summed E-state index contributed by atoms with van der Waals surface area (Å²) in [7, 11) is 0. The van der Waals surface area contributed by atoms with Crippen LogP contribution in [-0.4, -0.2) is 36.5 Å². The quantitative estimate of drug-likeness (QED) is 0.356. The lowest BCUT2D eigenvalue weighted by atomic mass is 9.85. The van der Waals surface area contributed by atoms with Crippen molar-refractivity contribution in [3.05, 3.63) is 0 Å². The number of rotatable bonds is 9. The Hall–Kier alpha value is -1.16. The van der Waals surface area contributed by atoms with E-state index in [4.69, 9.17) is 4.74 Å². The first-order valence-electron chi connectivity index (χ1n) is 7.69. The van der Waals surface area contributed by atoms with Gasteiger partial charge in [-0.15, -0.1) is 0 Å². The molecule has 1 atom stereocenters. The van der Waals surface area contributed by atoms with Crippen LogP contribution in [0.5, 0.6) is 0 Å². The van der Waals surface area contributed by atoms with Crippen molar-refractivity contribution in [3.8, 4) is 0 Å². The number of ether oxygens (including phenoxy) is 1. The van der Waals surface area contributed by atoms with E-state index in [2.05, 4.69) is 0 Å². The largest absolute Gasteiger partial charge is 0.465 e. The molecule has 0 aliphatic rings. The topological polar surface area (TPSA) is 26.3 Å². The normalized spacial score (nSPS) is 15.7. The zero-order chi connectivity index (χ0) is 21.2. The number of esters is 1. The molecule has 0 radical (unpaired) electrons. The zero-order valence-corrected chi connectivity index (χ0v) is 14.6. The minimum atomic E-state index is -6.89. The second-order valence-corrected chi connectivity index (χ2v) is 6.93. The Morgan fingerprint density at radius 1 is 0.885 bits per heavy atom. The highest BCUT2D eigenvalue weighted by Gasteiger charge is 2.81. The Morgan fingerprint density at radius 3 is 1.73 bits per heavy atom. The summed E-state index contributed by atoms with van der Waals surface area (Å²) < 4.78 is 120. The highest BCUT2D eigenvalue weighted by molar-refractivity contribution is 5.71. The van der Waals surface area contributed by atoms with Crippen LogP contribution in [0.1, 0.15) is 47.0 Å². The molecule has 2 nitrogen and oxygen atoms in total. The van der Waals surface area contributed by atoms with Crippen LogP contribution in [0.25, 0.3) is 0 Å². The van der Waals surface area contributed by atoms with Crippen LogP contribution in [0.4, 0.5) is 39.5 Å². The van der Waals surface area contributed by atoms with E-state index in [0.717, 1.165) is 0 Å². The van der Waals surface area contributed by atoms with Crippen LogP contribution in [-0.2, 0) is 9.53 Å². The van der Waals surface area contributed by atoms with Crippen LogP contribution < -0.4 is 0 Å². The Morgan fingerprint density at radius 2 is 1.35 bits per heavy atom. The van der Waals surface area contributed by atoms with Crippen molar-refractivity contribution in [1.29, 1.82) is 0 Å². The van der Waals surface area contributed by atoms with Gasteiger partial charge in [0.25, 0.3) is 0 Å². The molecule has 0 aromatic carbocycles. The molecule has 0 aromatic heterocycles. The maximum atomic E-state index is 13.5. The summed E-state index contributed by atoms with van der Waals surface area (Å²) in [4.78, 5) is 11.5. The maximum absolute atomic E-state index is 13.5. The first-order valence-corrected chi connectivity index (χ1v) is 7.69. The van der Waals surface area contributed by atoms with Crippen LogP contribution in [0.15, 0.2) is 0 Å². The van der Waals surface area contributed by atoms with Gasteiger partial charge in [0.1, 0.15) is 0 Å². The van der Waals surface area contributed by atoms with Crippen molar-refractivity contribution in [2.45, 2.75) is 70.9 Å². The third kappa shape index (κ3) is 5.42. The summed E-state index contributed by atoms with van der Waals surface area (Å²) >= 11 is 0. The molecular weight excluding hydrogens is 383 g/mol. The maximum Gasteiger partial charge on any atom is 0.460 e. The van der Waals surface area contributed by atoms with Crippen molar-refractivity contribution in [3.63, 3.8) is 0 Å². The van der Waals surface area contributed by atoms with Crippen LogP contribution in [0.3, 0.4) is 0 Å². The molecule has 0 N–H and O–H groups in total. The minimum Gasteiger partial charge on any atom is -0.465 e. The summed E-state index contributed by atoms with van der Waals surface area (Å²) in [5, 5.41) is 0. The molecule has 0 fully saturated rings. The van der Waals surface area contributed by atoms with Gasteiger partial charge in [0.05, 0.1) is 12.5 Å². The Kier molecular flexibility index (Phi) is 7.49. The second kappa shape index (κ2) is 7.84. The Bertz CT molecular complexity index is 484. The van der Waals surface area contributed by atoms with Crippen LogP contribution in [0, 0.1) is 11.3 Å². The van der Waals surface area contributed by atoms with Gasteiger partial charge in [-0.3, -0.25) is 4.79 Å². The molecule has 0 aromatic rings. The van der Waals surface area contributed by atoms with E-state index in [9.17, 15) is 44.3 Å². The van der Waals surface area contributed by atoms with Gasteiger partial charge >= 0.3 is 29.9 Å². The molecule has 1 unspecified atom stereocenters. The summed E-state index contributed by atoms with van der Waals surface area (Å²) in [5.41, 5.74) is -1.34. The number of halogens is 9. The van der Waals surface area contributed by atoms with E-state index in [1.54, 1.807) is 6.92 Å². The third-order valence-corrected chi connectivity index (χ3v) is 3.95. The molecule has 0 aliphatic carbocycles. The van der Waals surface area contributed by atoms with E-state index < -0.39 is 60.7 Å². The number of hydrogen-bond acceptors (Lipinski definition) is 2. The molecule has 0 heterocycles. The molecule has 0 spiro atoms. The summed E-state index contributed by atoms with van der Waals surface area (Å²) in [6.45, 7) is 5.19. The molecule has 0 rings (SSSR count). The van der Waals surface area contributed by atoms with Crippen molar-refractivity contribution >= 4 is 5.97 Å². The number of carbonyl (C=O) groups excluding carboxylic acids is 1. The summed E-state index contributed by atoms with van der Waals surface area (Å²) in [6, 6.07) is 0. The third-order valence-electron chi connectivity index (χ3n) is 3.95. The fourth-order valence-corrected chi connectivity index (χ4v) is 1.71. The second-order valence-electron chi connectivity index (χ2n) is 6.93. The number of hydrogen-bond donors (Lipinski definition) is 0. The van der Waals surface area contributed by atoms with Gasteiger partial charge in [-0.1, -0.05) is 27.7 Å². The number of alkyl halides is 9. The summed E-state index contributed by atoms with van der Waals surface area (Å²) in [5.74, 6) is -20.3. The average molecular weight is 404 g/mol. The van der Waals surface area contributed by atoms with Gasteiger partial charge in [0.2, 0.25) is 0 Å². The van der Waals surface area contributed by atoms with Gasteiger partial charge < -0.3 is 4.74 Å².